The van der Waals surface area contributed by atoms with Crippen LogP contribution in [0.15, 0.2) is 33.5 Å². The molecule has 3 aromatic rings. The highest BCUT2D eigenvalue weighted by molar-refractivity contribution is 6.34. The van der Waals surface area contributed by atoms with E-state index in [2.05, 4.69) is 21.9 Å². The Balaban J connectivity index is 1.49. The van der Waals surface area contributed by atoms with Crippen molar-refractivity contribution in [3.8, 4) is 0 Å². The molecular formula is C21H23ClN4O3. The van der Waals surface area contributed by atoms with E-state index in [0.29, 0.717) is 27.9 Å². The smallest absolute Gasteiger partial charge is 0.267 e. The summed E-state index contributed by atoms with van der Waals surface area (Å²) < 4.78 is 6.71. The molecule has 1 saturated heterocycles. The molecule has 0 N–H and O–H groups in total. The zero-order valence-electron chi connectivity index (χ0n) is 16.5. The molecular weight excluding hydrogens is 392 g/mol. The summed E-state index contributed by atoms with van der Waals surface area (Å²) in [5, 5.41) is 4.85. The van der Waals surface area contributed by atoms with E-state index in [-0.39, 0.29) is 24.3 Å². The molecule has 0 bridgehead atoms. The summed E-state index contributed by atoms with van der Waals surface area (Å²) in [6, 6.07) is 6.71. The fraction of sp³-hybridized carbons (Fsp3) is 0.429. The first-order valence-corrected chi connectivity index (χ1v) is 10.2. The van der Waals surface area contributed by atoms with Crippen LogP contribution in [0.3, 0.4) is 0 Å². The molecule has 0 radical (unpaired) electrons. The van der Waals surface area contributed by atoms with Crippen LogP contribution in [0.25, 0.3) is 11.1 Å². The average molecular weight is 415 g/mol. The molecule has 7 nitrogen and oxygen atoms in total. The first-order chi connectivity index (χ1) is 13.9. The molecule has 1 aliphatic heterocycles. The van der Waals surface area contributed by atoms with E-state index in [1.807, 2.05) is 0 Å². The van der Waals surface area contributed by atoms with Gasteiger partial charge in [0.05, 0.1) is 5.02 Å². The maximum atomic E-state index is 12.6. The number of piperidine rings is 1. The number of benzene rings is 1. The number of nitrogens with zero attached hydrogens (tertiary/aromatic N) is 4. The van der Waals surface area contributed by atoms with Crippen LogP contribution in [-0.4, -0.2) is 33.6 Å². The van der Waals surface area contributed by atoms with Crippen molar-refractivity contribution < 1.29 is 9.21 Å². The summed E-state index contributed by atoms with van der Waals surface area (Å²) in [5.41, 5.74) is 1.58. The van der Waals surface area contributed by atoms with Crippen LogP contribution in [0, 0.1) is 12.8 Å². The molecule has 3 heterocycles. The van der Waals surface area contributed by atoms with Crippen molar-refractivity contribution in [2.45, 2.75) is 39.7 Å². The van der Waals surface area contributed by atoms with E-state index < -0.39 is 0 Å². The second kappa shape index (κ2) is 7.99. The third-order valence-corrected chi connectivity index (χ3v) is 5.58. The summed E-state index contributed by atoms with van der Waals surface area (Å²) in [6.45, 7) is 5.74. The maximum Gasteiger partial charge on any atom is 0.267 e. The van der Waals surface area contributed by atoms with Crippen molar-refractivity contribution in [1.82, 2.24) is 14.8 Å². The molecule has 0 aliphatic carbocycles. The third-order valence-electron chi connectivity index (χ3n) is 5.30. The Bertz CT molecular complexity index is 1110. The molecule has 0 saturated carbocycles. The largest absolute Gasteiger partial charge is 0.439 e. The second-order valence-electron chi connectivity index (χ2n) is 7.73. The van der Waals surface area contributed by atoms with Crippen molar-refractivity contribution in [3.05, 3.63) is 51.1 Å². The molecule has 0 atom stereocenters. The molecule has 8 heteroatoms. The molecule has 4 rings (SSSR count). The highest BCUT2D eigenvalue weighted by atomic mass is 35.5. The van der Waals surface area contributed by atoms with Gasteiger partial charge in [-0.15, -0.1) is 0 Å². The molecule has 1 aliphatic rings. The van der Waals surface area contributed by atoms with Crippen molar-refractivity contribution in [1.29, 1.82) is 0 Å². The van der Waals surface area contributed by atoms with Gasteiger partial charge in [0.2, 0.25) is 0 Å². The van der Waals surface area contributed by atoms with E-state index >= 15 is 0 Å². The number of Topliss-reactive ketones (excluding diaryl/α,β-unsaturated/α-hetero) is 1. The summed E-state index contributed by atoms with van der Waals surface area (Å²) >= 11 is 6.24. The van der Waals surface area contributed by atoms with E-state index in [9.17, 15) is 9.59 Å². The molecule has 152 valence electrons. The minimum atomic E-state index is -0.284. The lowest BCUT2D eigenvalue weighted by molar-refractivity contribution is -0.119. The lowest BCUT2D eigenvalue weighted by Crippen LogP contribution is -2.36. The van der Waals surface area contributed by atoms with Crippen LogP contribution in [0.2, 0.25) is 5.02 Å². The first-order valence-electron chi connectivity index (χ1n) is 9.79. The quantitative estimate of drug-likeness (QED) is 0.636. The van der Waals surface area contributed by atoms with Crippen molar-refractivity contribution in [2.24, 2.45) is 5.92 Å². The number of hydrogen-bond donors (Lipinski definition) is 0. The van der Waals surface area contributed by atoms with E-state index in [4.69, 9.17) is 16.0 Å². The predicted octanol–water partition coefficient (Wildman–Crippen LogP) is 3.39. The lowest BCUT2D eigenvalue weighted by Gasteiger charge is -2.31. The third kappa shape index (κ3) is 4.34. The predicted molar refractivity (Wildman–Crippen MR) is 112 cm³/mol. The molecule has 0 amide bonds. The van der Waals surface area contributed by atoms with Gasteiger partial charge in [-0.25, -0.2) is 9.67 Å². The number of anilines is 1. The minimum Gasteiger partial charge on any atom is -0.439 e. The van der Waals surface area contributed by atoms with E-state index in [0.717, 1.165) is 37.3 Å². The van der Waals surface area contributed by atoms with Crippen LogP contribution in [0.5, 0.6) is 0 Å². The molecule has 1 fully saturated rings. The fourth-order valence-electron chi connectivity index (χ4n) is 3.67. The summed E-state index contributed by atoms with van der Waals surface area (Å²) in [6.07, 6.45) is 2.34. The summed E-state index contributed by atoms with van der Waals surface area (Å²) in [7, 11) is 0. The summed E-state index contributed by atoms with van der Waals surface area (Å²) in [4.78, 5) is 31.3. The molecule has 0 unspecified atom stereocenters. The number of carbonyl (C=O) groups excluding carboxylic acids is 1. The van der Waals surface area contributed by atoms with Gasteiger partial charge in [-0.1, -0.05) is 18.5 Å². The second-order valence-corrected chi connectivity index (χ2v) is 8.14. The van der Waals surface area contributed by atoms with Crippen LogP contribution >= 0.6 is 11.6 Å². The van der Waals surface area contributed by atoms with E-state index in [1.54, 1.807) is 25.1 Å². The van der Waals surface area contributed by atoms with Crippen molar-refractivity contribution in [2.75, 3.05) is 18.0 Å². The first kappa shape index (κ1) is 19.6. The number of carbonyl (C=O) groups is 1. The van der Waals surface area contributed by atoms with Crippen LogP contribution in [-0.2, 0) is 17.8 Å². The van der Waals surface area contributed by atoms with Crippen LogP contribution < -0.4 is 10.5 Å². The topological polar surface area (TPSA) is 81.2 Å². The Morgan fingerprint density at radius 3 is 2.79 bits per heavy atom. The highest BCUT2D eigenvalue weighted by Gasteiger charge is 2.18. The number of ketones is 1. The average Bonchev–Trinajstić information content (AvgIpc) is 3.05. The Labute approximate surface area is 173 Å². The molecule has 0 spiro atoms. The lowest BCUT2D eigenvalue weighted by atomic mass is 9.99. The van der Waals surface area contributed by atoms with E-state index in [1.165, 1.54) is 10.7 Å². The highest BCUT2D eigenvalue weighted by Crippen LogP contribution is 2.26. The Hall–Kier alpha value is -2.67. The monoisotopic (exact) mass is 414 g/mol. The minimum absolute atomic E-state index is 0.0790. The Kier molecular flexibility index (Phi) is 5.41. The van der Waals surface area contributed by atoms with Crippen molar-refractivity contribution in [3.63, 3.8) is 0 Å². The number of rotatable bonds is 5. The number of aromatic nitrogens is 3. The van der Waals surface area contributed by atoms with Gasteiger partial charge in [0.25, 0.3) is 5.56 Å². The molecule has 29 heavy (non-hydrogen) atoms. The fourth-order valence-corrected chi connectivity index (χ4v) is 3.94. The van der Waals surface area contributed by atoms with Gasteiger partial charge < -0.3 is 9.32 Å². The van der Waals surface area contributed by atoms with Gasteiger partial charge in [0.1, 0.15) is 17.9 Å². The molecule has 2 aromatic heterocycles. The van der Waals surface area contributed by atoms with Gasteiger partial charge in [0.15, 0.2) is 17.3 Å². The van der Waals surface area contributed by atoms with Gasteiger partial charge >= 0.3 is 0 Å². The van der Waals surface area contributed by atoms with Crippen LogP contribution in [0.4, 0.5) is 5.82 Å². The number of halogens is 1. The number of hydrogen-bond acceptors (Lipinski definition) is 6. The number of fused-ring (bicyclic) bond motifs is 1. The van der Waals surface area contributed by atoms with Crippen molar-refractivity contribution >= 4 is 34.3 Å². The normalized spacial score (nSPS) is 15.2. The van der Waals surface area contributed by atoms with Crippen LogP contribution in [0.1, 0.15) is 31.2 Å². The number of oxazole rings is 1. The van der Waals surface area contributed by atoms with Gasteiger partial charge in [-0.3, -0.25) is 9.59 Å². The zero-order valence-corrected chi connectivity index (χ0v) is 17.3. The Morgan fingerprint density at radius 1 is 1.28 bits per heavy atom. The summed E-state index contributed by atoms with van der Waals surface area (Å²) in [5.74, 6) is 1.84. The van der Waals surface area contributed by atoms with Gasteiger partial charge in [0, 0.05) is 32.5 Å². The van der Waals surface area contributed by atoms with Gasteiger partial charge in [-0.2, -0.15) is 5.10 Å². The molecule has 1 aromatic carbocycles. The van der Waals surface area contributed by atoms with Gasteiger partial charge in [-0.05, 0) is 42.5 Å². The Morgan fingerprint density at radius 2 is 2.03 bits per heavy atom. The number of aryl methyl sites for hydroxylation is 1. The maximum absolute atomic E-state index is 12.6. The standard InChI is InChI=1S/C21H23ClN4O3/c1-13-5-7-25(8-6-13)19-3-4-20(28)26(24-19)12-16(27)9-15-10-17(22)21-18(11-15)23-14(2)29-21/h3-4,10-11,13H,5-9,12H2,1-2H3. The SMILES string of the molecule is Cc1nc2cc(CC(=O)Cn3nc(N4CCC(C)CC4)ccc3=O)cc(Cl)c2o1. The zero-order chi connectivity index (χ0) is 20.5.